The fourth-order valence-corrected chi connectivity index (χ4v) is 2.24. The number of ether oxygens (including phenoxy) is 1. The summed E-state index contributed by atoms with van der Waals surface area (Å²) in [6.07, 6.45) is 0.451. The zero-order valence-electron chi connectivity index (χ0n) is 9.63. The molecule has 0 radical (unpaired) electrons. The van der Waals surface area contributed by atoms with Crippen LogP contribution in [-0.4, -0.2) is 28.6 Å². The Morgan fingerprint density at radius 3 is 2.94 bits per heavy atom. The molecule has 5 heteroatoms. The molecule has 0 saturated carbocycles. The van der Waals surface area contributed by atoms with E-state index in [2.05, 4.69) is 5.10 Å². The van der Waals surface area contributed by atoms with Crippen LogP contribution in [0.2, 0.25) is 0 Å². The summed E-state index contributed by atoms with van der Waals surface area (Å²) in [7, 11) is 0. The van der Waals surface area contributed by atoms with Gasteiger partial charge in [-0.05, 0) is 6.42 Å². The summed E-state index contributed by atoms with van der Waals surface area (Å²) in [6, 6.07) is 9.82. The normalized spacial score (nSPS) is 14.6. The molecule has 17 heavy (non-hydrogen) atoms. The number of rotatable bonds is 3. The van der Waals surface area contributed by atoms with Crippen LogP contribution in [0, 0.1) is 0 Å². The molecule has 1 amide bonds. The summed E-state index contributed by atoms with van der Waals surface area (Å²) < 4.78 is 5.03. The Bertz CT molecular complexity index is 420. The largest absolute Gasteiger partial charge is 0.448 e. The van der Waals surface area contributed by atoms with E-state index in [-0.39, 0.29) is 6.09 Å². The molecule has 0 fully saturated rings. The summed E-state index contributed by atoms with van der Waals surface area (Å²) in [4.78, 5) is 11.6. The van der Waals surface area contributed by atoms with Gasteiger partial charge in [-0.1, -0.05) is 49.0 Å². The fourth-order valence-electron chi connectivity index (χ4n) is 1.37. The maximum absolute atomic E-state index is 11.6. The zero-order chi connectivity index (χ0) is 12.1. The van der Waals surface area contributed by atoms with Gasteiger partial charge in [-0.25, -0.2) is 4.79 Å². The second-order valence-electron chi connectivity index (χ2n) is 3.56. The molecule has 0 aliphatic carbocycles. The molecule has 90 valence electrons. The molecule has 0 bridgehead atoms. The smallest absolute Gasteiger partial charge is 0.431 e. The number of hydrogen-bond donors (Lipinski definition) is 0. The van der Waals surface area contributed by atoms with Crippen molar-refractivity contribution < 1.29 is 9.53 Å². The van der Waals surface area contributed by atoms with E-state index in [9.17, 15) is 4.79 Å². The molecule has 1 aromatic rings. The van der Waals surface area contributed by atoms with Gasteiger partial charge in [-0.2, -0.15) is 10.1 Å². The van der Waals surface area contributed by atoms with Crippen LogP contribution in [0.15, 0.2) is 35.4 Å². The summed E-state index contributed by atoms with van der Waals surface area (Å²) >= 11 is 1.54. The molecule has 4 nitrogen and oxygen atoms in total. The highest BCUT2D eigenvalue weighted by molar-refractivity contribution is 8.14. The minimum Gasteiger partial charge on any atom is -0.448 e. The lowest BCUT2D eigenvalue weighted by atomic mass is 10.2. The average Bonchev–Trinajstić information content (AvgIpc) is 2.86. The number of carbonyl (C=O) groups excluding carboxylic acids is 1. The van der Waals surface area contributed by atoms with Crippen molar-refractivity contribution in [3.63, 3.8) is 0 Å². The Balaban J connectivity index is 2.02. The highest BCUT2D eigenvalue weighted by Crippen LogP contribution is 2.22. The number of amides is 1. The Morgan fingerprint density at radius 1 is 1.47 bits per heavy atom. The minimum absolute atomic E-state index is 0.370. The highest BCUT2D eigenvalue weighted by atomic mass is 32.2. The van der Waals surface area contributed by atoms with Crippen LogP contribution in [0.4, 0.5) is 4.79 Å². The van der Waals surface area contributed by atoms with Crippen LogP contribution >= 0.6 is 11.8 Å². The molecule has 0 spiro atoms. The minimum atomic E-state index is -0.370. The fraction of sp³-hybridized carbons (Fsp3) is 0.333. The lowest BCUT2D eigenvalue weighted by molar-refractivity contribution is 0.111. The molecule has 0 aromatic heterocycles. The highest BCUT2D eigenvalue weighted by Gasteiger charge is 2.22. The Labute approximate surface area is 105 Å². The van der Waals surface area contributed by atoms with E-state index in [0.717, 1.165) is 17.0 Å². The van der Waals surface area contributed by atoms with Gasteiger partial charge in [-0.15, -0.1) is 0 Å². The van der Waals surface area contributed by atoms with Gasteiger partial charge in [0.15, 0.2) is 0 Å². The van der Waals surface area contributed by atoms with E-state index in [1.165, 1.54) is 5.01 Å². The van der Waals surface area contributed by atoms with E-state index in [4.69, 9.17) is 4.74 Å². The second kappa shape index (κ2) is 5.72. The standard InChI is InChI=1S/C12H14N2O2S/c1-2-8-16-12(15)14-9-17-11(13-14)10-6-4-3-5-7-10/h3-7H,2,8-9H2,1H3. The van der Waals surface area contributed by atoms with E-state index in [1.54, 1.807) is 11.8 Å². The van der Waals surface area contributed by atoms with Crippen LogP contribution in [-0.2, 0) is 4.74 Å². The van der Waals surface area contributed by atoms with Crippen LogP contribution in [0.25, 0.3) is 0 Å². The van der Waals surface area contributed by atoms with Crippen LogP contribution in [0.3, 0.4) is 0 Å². The second-order valence-corrected chi connectivity index (χ2v) is 4.49. The SMILES string of the molecule is CCCOC(=O)N1CSC(c2ccccc2)=N1. The molecule has 1 aliphatic rings. The first kappa shape index (κ1) is 12.0. The number of nitrogens with zero attached hydrogens (tertiary/aromatic N) is 2. The lowest BCUT2D eigenvalue weighted by Crippen LogP contribution is -2.23. The third-order valence-electron chi connectivity index (χ3n) is 2.20. The predicted octanol–water partition coefficient (Wildman–Crippen LogP) is 2.90. The van der Waals surface area contributed by atoms with Gasteiger partial charge in [0.1, 0.15) is 5.04 Å². The van der Waals surface area contributed by atoms with Crippen molar-refractivity contribution in [1.29, 1.82) is 0 Å². The van der Waals surface area contributed by atoms with Crippen molar-refractivity contribution in [3.8, 4) is 0 Å². The van der Waals surface area contributed by atoms with Gasteiger partial charge in [-0.3, -0.25) is 0 Å². The third kappa shape index (κ3) is 3.00. The summed E-state index contributed by atoms with van der Waals surface area (Å²) in [5.74, 6) is 0.521. The van der Waals surface area contributed by atoms with Crippen LogP contribution in [0.5, 0.6) is 0 Å². The van der Waals surface area contributed by atoms with E-state index < -0.39 is 0 Å². The first-order valence-electron chi connectivity index (χ1n) is 5.52. The van der Waals surface area contributed by atoms with E-state index >= 15 is 0 Å². The Morgan fingerprint density at radius 2 is 2.24 bits per heavy atom. The van der Waals surface area contributed by atoms with Gasteiger partial charge >= 0.3 is 6.09 Å². The Kier molecular flexibility index (Phi) is 4.03. The van der Waals surface area contributed by atoms with Crippen molar-refractivity contribution in [1.82, 2.24) is 5.01 Å². The van der Waals surface area contributed by atoms with Gasteiger partial charge in [0.25, 0.3) is 0 Å². The van der Waals surface area contributed by atoms with Gasteiger partial charge in [0, 0.05) is 5.56 Å². The number of carbonyl (C=O) groups is 1. The molecule has 2 rings (SSSR count). The molecular formula is C12H14N2O2S. The van der Waals surface area contributed by atoms with Crippen molar-refractivity contribution in [3.05, 3.63) is 35.9 Å². The average molecular weight is 250 g/mol. The summed E-state index contributed by atoms with van der Waals surface area (Å²) in [5, 5.41) is 6.47. The van der Waals surface area contributed by atoms with E-state index in [1.807, 2.05) is 37.3 Å². The number of benzene rings is 1. The van der Waals surface area contributed by atoms with Crippen LogP contribution < -0.4 is 0 Å². The van der Waals surface area contributed by atoms with Gasteiger partial charge in [0.2, 0.25) is 0 Å². The lowest BCUT2D eigenvalue weighted by Gasteiger charge is -2.09. The molecule has 0 atom stereocenters. The summed E-state index contributed by atoms with van der Waals surface area (Å²) in [6.45, 7) is 2.40. The van der Waals surface area contributed by atoms with Gasteiger partial charge in [0.05, 0.1) is 12.5 Å². The van der Waals surface area contributed by atoms with Crippen molar-refractivity contribution in [2.75, 3.05) is 12.5 Å². The molecule has 0 saturated heterocycles. The molecular weight excluding hydrogens is 236 g/mol. The van der Waals surface area contributed by atoms with Gasteiger partial charge < -0.3 is 4.74 Å². The quantitative estimate of drug-likeness (QED) is 0.828. The number of thioether (sulfide) groups is 1. The number of hydrogen-bond acceptors (Lipinski definition) is 4. The topological polar surface area (TPSA) is 41.9 Å². The van der Waals surface area contributed by atoms with E-state index in [0.29, 0.717) is 12.5 Å². The molecule has 1 heterocycles. The monoisotopic (exact) mass is 250 g/mol. The summed E-state index contributed by atoms with van der Waals surface area (Å²) in [5.41, 5.74) is 1.03. The van der Waals surface area contributed by atoms with Crippen molar-refractivity contribution >= 4 is 22.9 Å². The predicted molar refractivity (Wildman–Crippen MR) is 68.9 cm³/mol. The first-order chi connectivity index (χ1) is 8.31. The zero-order valence-corrected chi connectivity index (χ0v) is 10.4. The molecule has 1 aliphatic heterocycles. The van der Waals surface area contributed by atoms with Crippen molar-refractivity contribution in [2.24, 2.45) is 5.10 Å². The molecule has 0 unspecified atom stereocenters. The Hall–Kier alpha value is -1.49. The molecule has 0 N–H and O–H groups in total. The van der Waals surface area contributed by atoms with Crippen molar-refractivity contribution in [2.45, 2.75) is 13.3 Å². The molecule has 1 aromatic carbocycles. The third-order valence-corrected chi connectivity index (χ3v) is 3.16. The first-order valence-corrected chi connectivity index (χ1v) is 6.51. The number of hydrazone groups is 1. The maximum Gasteiger partial charge on any atom is 0.431 e. The maximum atomic E-state index is 11.6. The van der Waals surface area contributed by atoms with Crippen LogP contribution in [0.1, 0.15) is 18.9 Å².